The van der Waals surface area contributed by atoms with Crippen LogP contribution in [0.3, 0.4) is 0 Å². The number of hydrogen-bond donors (Lipinski definition) is 1. The van der Waals surface area contributed by atoms with Crippen molar-refractivity contribution in [1.82, 2.24) is 4.98 Å². The summed E-state index contributed by atoms with van der Waals surface area (Å²) >= 11 is 6.44. The van der Waals surface area contributed by atoms with Crippen molar-refractivity contribution in [1.29, 1.82) is 0 Å². The molecule has 4 aromatic rings. The smallest absolute Gasteiger partial charge is 0.119 e. The van der Waals surface area contributed by atoms with E-state index >= 15 is 0 Å². The lowest BCUT2D eigenvalue weighted by Crippen LogP contribution is -1.95. The Morgan fingerprint density at radius 2 is 1.61 bits per heavy atom. The van der Waals surface area contributed by atoms with Crippen molar-refractivity contribution in [2.24, 2.45) is 0 Å². The van der Waals surface area contributed by atoms with Gasteiger partial charge < -0.3 is 5.11 Å². The molecule has 23 heavy (non-hydrogen) atoms. The lowest BCUT2D eigenvalue weighted by atomic mass is 9.96. The first-order valence-electron chi connectivity index (χ1n) is 7.46. The van der Waals surface area contributed by atoms with E-state index in [2.05, 4.69) is 4.98 Å². The monoisotopic (exact) mass is 319 g/mol. The number of fused-ring (bicyclic) bond motifs is 2. The molecule has 2 nitrogen and oxygen atoms in total. The normalized spacial score (nSPS) is 11.2. The van der Waals surface area contributed by atoms with Crippen LogP contribution in [0.1, 0.15) is 11.1 Å². The predicted octanol–water partition coefficient (Wildman–Crippen LogP) is 5.34. The van der Waals surface area contributed by atoms with E-state index < -0.39 is 0 Å². The first-order valence-corrected chi connectivity index (χ1v) is 7.83. The summed E-state index contributed by atoms with van der Waals surface area (Å²) in [4.78, 5) is 4.48. The van der Waals surface area contributed by atoms with Gasteiger partial charge in [-0.05, 0) is 29.0 Å². The Kier molecular flexibility index (Phi) is 3.40. The molecule has 3 heteroatoms. The summed E-state index contributed by atoms with van der Waals surface area (Å²) in [7, 11) is 0. The molecule has 0 saturated heterocycles. The van der Waals surface area contributed by atoms with Crippen molar-refractivity contribution in [3.63, 3.8) is 0 Å². The second-order valence-corrected chi connectivity index (χ2v) is 5.97. The summed E-state index contributed by atoms with van der Waals surface area (Å²) in [6.45, 7) is 0. The molecule has 112 valence electrons. The minimum absolute atomic E-state index is 0.285. The first kappa shape index (κ1) is 14.0. The van der Waals surface area contributed by atoms with Gasteiger partial charge in [0.05, 0.1) is 5.52 Å². The predicted molar refractivity (Wildman–Crippen MR) is 95.2 cm³/mol. The number of phenols is 1. The van der Waals surface area contributed by atoms with Crippen LogP contribution in [-0.4, -0.2) is 10.1 Å². The SMILES string of the molecule is Oc1ccc2ccccc2c1Cc1c(Cl)ccc2cccnc12. The lowest BCUT2D eigenvalue weighted by molar-refractivity contribution is 0.470. The number of halogens is 1. The van der Waals surface area contributed by atoms with Crippen molar-refractivity contribution >= 4 is 33.3 Å². The van der Waals surface area contributed by atoms with E-state index in [0.29, 0.717) is 11.4 Å². The van der Waals surface area contributed by atoms with Crippen LogP contribution in [-0.2, 0) is 6.42 Å². The highest BCUT2D eigenvalue weighted by atomic mass is 35.5. The van der Waals surface area contributed by atoms with Crippen molar-refractivity contribution in [2.45, 2.75) is 6.42 Å². The zero-order valence-electron chi connectivity index (χ0n) is 12.3. The Hall–Kier alpha value is -2.58. The van der Waals surface area contributed by atoms with E-state index in [4.69, 9.17) is 11.6 Å². The van der Waals surface area contributed by atoms with E-state index in [9.17, 15) is 5.11 Å². The maximum atomic E-state index is 10.4. The molecular formula is C20H14ClNO. The van der Waals surface area contributed by atoms with Gasteiger partial charge in [-0.1, -0.05) is 54.1 Å². The van der Waals surface area contributed by atoms with E-state index in [-0.39, 0.29) is 5.75 Å². The molecule has 3 aromatic carbocycles. The van der Waals surface area contributed by atoms with Crippen molar-refractivity contribution < 1.29 is 5.11 Å². The molecule has 0 fully saturated rings. The fourth-order valence-electron chi connectivity index (χ4n) is 3.04. The molecule has 0 aliphatic heterocycles. The third-order valence-corrected chi connectivity index (χ3v) is 4.55. The second kappa shape index (κ2) is 5.56. The Labute approximate surface area is 139 Å². The molecule has 0 radical (unpaired) electrons. The number of nitrogens with zero attached hydrogens (tertiary/aromatic N) is 1. The molecular weight excluding hydrogens is 306 g/mol. The molecule has 1 heterocycles. The molecule has 0 bridgehead atoms. The van der Waals surface area contributed by atoms with Gasteiger partial charge in [-0.2, -0.15) is 0 Å². The molecule has 0 atom stereocenters. The van der Waals surface area contributed by atoms with E-state index in [1.165, 1.54) is 0 Å². The average Bonchev–Trinajstić information content (AvgIpc) is 2.59. The number of pyridine rings is 1. The van der Waals surface area contributed by atoms with Gasteiger partial charge in [0.1, 0.15) is 5.75 Å². The second-order valence-electron chi connectivity index (χ2n) is 5.56. The Bertz CT molecular complexity index is 943. The van der Waals surface area contributed by atoms with Crippen molar-refractivity contribution in [2.75, 3.05) is 0 Å². The Morgan fingerprint density at radius 3 is 2.52 bits per heavy atom. The van der Waals surface area contributed by atoms with Gasteiger partial charge in [-0.3, -0.25) is 4.98 Å². The highest BCUT2D eigenvalue weighted by Gasteiger charge is 2.13. The van der Waals surface area contributed by atoms with Gasteiger partial charge in [-0.15, -0.1) is 0 Å². The summed E-state index contributed by atoms with van der Waals surface area (Å²) in [5, 5.41) is 14.2. The van der Waals surface area contributed by atoms with Crippen LogP contribution in [0.4, 0.5) is 0 Å². The topological polar surface area (TPSA) is 33.1 Å². The number of hydrogen-bond acceptors (Lipinski definition) is 2. The summed E-state index contributed by atoms with van der Waals surface area (Å²) in [5.41, 5.74) is 2.70. The molecule has 1 aromatic heterocycles. The highest BCUT2D eigenvalue weighted by molar-refractivity contribution is 6.32. The van der Waals surface area contributed by atoms with Crippen LogP contribution in [0, 0.1) is 0 Å². The van der Waals surface area contributed by atoms with Crippen LogP contribution in [0.25, 0.3) is 21.7 Å². The van der Waals surface area contributed by atoms with Gasteiger partial charge >= 0.3 is 0 Å². The maximum Gasteiger partial charge on any atom is 0.119 e. The van der Waals surface area contributed by atoms with Crippen molar-refractivity contribution in [3.8, 4) is 5.75 Å². The van der Waals surface area contributed by atoms with Crippen molar-refractivity contribution in [3.05, 3.63) is 83.0 Å². The minimum Gasteiger partial charge on any atom is -0.508 e. The zero-order valence-corrected chi connectivity index (χ0v) is 13.1. The average molecular weight is 320 g/mol. The fourth-order valence-corrected chi connectivity index (χ4v) is 3.26. The highest BCUT2D eigenvalue weighted by Crippen LogP contribution is 2.33. The zero-order chi connectivity index (χ0) is 15.8. The number of aromatic nitrogens is 1. The molecule has 4 rings (SSSR count). The van der Waals surface area contributed by atoms with Gasteiger partial charge in [-0.25, -0.2) is 0 Å². The van der Waals surface area contributed by atoms with Crippen LogP contribution < -0.4 is 0 Å². The van der Waals surface area contributed by atoms with Gasteiger partial charge in [0.2, 0.25) is 0 Å². The lowest BCUT2D eigenvalue weighted by Gasteiger charge is -2.12. The number of phenolic OH excluding ortho intramolecular Hbond substituents is 1. The maximum absolute atomic E-state index is 10.4. The molecule has 0 saturated carbocycles. The van der Waals surface area contributed by atoms with E-state index in [0.717, 1.165) is 32.8 Å². The standard InChI is InChI=1S/C20H14ClNO/c21-18-9-7-14-5-3-11-22-20(14)17(18)12-16-15-6-2-1-4-13(15)8-10-19(16)23/h1-11,23H,12H2. The minimum atomic E-state index is 0.285. The fraction of sp³-hybridized carbons (Fsp3) is 0.0500. The van der Waals surface area contributed by atoms with Gasteiger partial charge in [0, 0.05) is 34.2 Å². The molecule has 0 spiro atoms. The summed E-state index contributed by atoms with van der Waals surface area (Å²) in [6.07, 6.45) is 2.31. The third-order valence-electron chi connectivity index (χ3n) is 4.19. The van der Waals surface area contributed by atoms with Crippen LogP contribution in [0.15, 0.2) is 66.9 Å². The summed E-state index contributed by atoms with van der Waals surface area (Å²) in [6, 6.07) is 19.5. The van der Waals surface area contributed by atoms with E-state index in [1.54, 1.807) is 12.3 Å². The number of benzene rings is 3. The Morgan fingerprint density at radius 1 is 0.826 bits per heavy atom. The number of aromatic hydroxyl groups is 1. The quantitative estimate of drug-likeness (QED) is 0.541. The van der Waals surface area contributed by atoms with Crippen LogP contribution in [0.2, 0.25) is 5.02 Å². The molecule has 0 aliphatic carbocycles. The van der Waals surface area contributed by atoms with Crippen LogP contribution in [0.5, 0.6) is 5.75 Å². The molecule has 0 amide bonds. The van der Waals surface area contributed by atoms with Gasteiger partial charge in [0.25, 0.3) is 0 Å². The number of rotatable bonds is 2. The molecule has 0 aliphatic rings. The van der Waals surface area contributed by atoms with E-state index in [1.807, 2.05) is 54.6 Å². The molecule has 0 unspecified atom stereocenters. The summed E-state index contributed by atoms with van der Waals surface area (Å²) < 4.78 is 0. The largest absolute Gasteiger partial charge is 0.508 e. The van der Waals surface area contributed by atoms with Crippen LogP contribution >= 0.6 is 11.6 Å². The summed E-state index contributed by atoms with van der Waals surface area (Å²) in [5.74, 6) is 0.285. The van der Waals surface area contributed by atoms with Gasteiger partial charge in [0.15, 0.2) is 0 Å². The first-order chi connectivity index (χ1) is 11.2. The Balaban J connectivity index is 1.95. The third kappa shape index (κ3) is 2.41. The molecule has 1 N–H and O–H groups in total.